The molecule has 0 radical (unpaired) electrons. The molecule has 1 rings (SSSR count). The lowest BCUT2D eigenvalue weighted by Crippen LogP contribution is -2.26. The van der Waals surface area contributed by atoms with Crippen LogP contribution < -0.4 is 0 Å². The molecule has 15 heavy (non-hydrogen) atoms. The number of hydrogen-bond donors (Lipinski definition) is 1. The molecule has 0 bridgehead atoms. The molecule has 82 valence electrons. The van der Waals surface area contributed by atoms with E-state index in [4.69, 9.17) is 0 Å². The number of nitrogens with zero attached hydrogens (tertiary/aromatic N) is 1. The molecule has 1 aromatic carbocycles. The second-order valence-corrected chi connectivity index (χ2v) is 4.17. The Kier molecular flexibility index (Phi) is 4.23. The molecule has 0 saturated carbocycles. The van der Waals surface area contributed by atoms with Gasteiger partial charge in [0.1, 0.15) is 6.10 Å². The SMILES string of the molecule is CC[C@H]([C@@H](O)c1ccc(Br)cc1)[N+](=O)[O-]. The maximum absolute atomic E-state index is 10.6. The van der Waals surface area contributed by atoms with Gasteiger partial charge in [-0.1, -0.05) is 35.0 Å². The van der Waals surface area contributed by atoms with Gasteiger partial charge in [-0.2, -0.15) is 0 Å². The van der Waals surface area contributed by atoms with Gasteiger partial charge in [-0.05, 0) is 17.7 Å². The zero-order chi connectivity index (χ0) is 11.4. The molecule has 5 heteroatoms. The minimum absolute atomic E-state index is 0.310. The Labute approximate surface area is 96.2 Å². The van der Waals surface area contributed by atoms with Crippen LogP contribution in [0.5, 0.6) is 0 Å². The van der Waals surface area contributed by atoms with E-state index in [-0.39, 0.29) is 0 Å². The van der Waals surface area contributed by atoms with Crippen molar-refractivity contribution in [3.63, 3.8) is 0 Å². The average molecular weight is 274 g/mol. The predicted octanol–water partition coefficient (Wildman–Crippen LogP) is 2.54. The number of nitro groups is 1. The maximum Gasteiger partial charge on any atom is 0.242 e. The first-order chi connectivity index (χ1) is 7.06. The Balaban J connectivity index is 2.87. The van der Waals surface area contributed by atoms with Crippen LogP contribution in [-0.2, 0) is 0 Å². The third kappa shape index (κ3) is 3.00. The highest BCUT2D eigenvalue weighted by molar-refractivity contribution is 9.10. The minimum atomic E-state index is -1.04. The fourth-order valence-corrected chi connectivity index (χ4v) is 1.63. The third-order valence-electron chi connectivity index (χ3n) is 2.27. The van der Waals surface area contributed by atoms with Gasteiger partial charge < -0.3 is 5.11 Å². The molecule has 1 aromatic rings. The molecule has 0 amide bonds. The van der Waals surface area contributed by atoms with E-state index in [0.29, 0.717) is 12.0 Å². The molecule has 2 atom stereocenters. The monoisotopic (exact) mass is 273 g/mol. The van der Waals surface area contributed by atoms with Gasteiger partial charge in [-0.25, -0.2) is 0 Å². The van der Waals surface area contributed by atoms with Crippen LogP contribution in [0.15, 0.2) is 28.7 Å². The molecule has 4 nitrogen and oxygen atoms in total. The topological polar surface area (TPSA) is 63.4 Å². The first-order valence-electron chi connectivity index (χ1n) is 4.63. The summed E-state index contributed by atoms with van der Waals surface area (Å²) in [5, 5.41) is 20.4. The molecule has 0 unspecified atom stereocenters. The Bertz CT molecular complexity index is 339. The molecular formula is C10H12BrNO3. The van der Waals surface area contributed by atoms with E-state index in [1.54, 1.807) is 31.2 Å². The number of aliphatic hydroxyl groups excluding tert-OH is 1. The van der Waals surface area contributed by atoms with Gasteiger partial charge in [-0.3, -0.25) is 10.1 Å². The average Bonchev–Trinajstić information content (AvgIpc) is 2.19. The minimum Gasteiger partial charge on any atom is -0.381 e. The van der Waals surface area contributed by atoms with E-state index in [9.17, 15) is 15.2 Å². The van der Waals surface area contributed by atoms with Gasteiger partial charge in [-0.15, -0.1) is 0 Å². The van der Waals surface area contributed by atoms with Gasteiger partial charge in [0.15, 0.2) is 0 Å². The summed E-state index contributed by atoms with van der Waals surface area (Å²) in [6.45, 7) is 1.69. The smallest absolute Gasteiger partial charge is 0.242 e. The van der Waals surface area contributed by atoms with Gasteiger partial charge in [0, 0.05) is 15.8 Å². The van der Waals surface area contributed by atoms with Crippen molar-refractivity contribution in [1.29, 1.82) is 0 Å². The zero-order valence-corrected chi connectivity index (χ0v) is 9.85. The molecular weight excluding hydrogens is 262 g/mol. The van der Waals surface area contributed by atoms with Crippen LogP contribution in [-0.4, -0.2) is 16.1 Å². The summed E-state index contributed by atoms with van der Waals surface area (Å²) in [5.41, 5.74) is 0.571. The molecule has 0 fully saturated rings. The molecule has 0 saturated heterocycles. The van der Waals surface area contributed by atoms with Gasteiger partial charge in [0.25, 0.3) is 0 Å². The second-order valence-electron chi connectivity index (χ2n) is 3.26. The van der Waals surface area contributed by atoms with Crippen molar-refractivity contribution < 1.29 is 10.0 Å². The van der Waals surface area contributed by atoms with Crippen LogP contribution in [0.3, 0.4) is 0 Å². The largest absolute Gasteiger partial charge is 0.381 e. The zero-order valence-electron chi connectivity index (χ0n) is 8.26. The summed E-state index contributed by atoms with van der Waals surface area (Å²) in [7, 11) is 0. The summed E-state index contributed by atoms with van der Waals surface area (Å²) in [6.07, 6.45) is -0.734. The van der Waals surface area contributed by atoms with E-state index in [0.717, 1.165) is 4.47 Å². The van der Waals surface area contributed by atoms with Gasteiger partial charge in [0.2, 0.25) is 6.04 Å². The Morgan fingerprint density at radius 1 is 1.47 bits per heavy atom. The Morgan fingerprint density at radius 3 is 2.40 bits per heavy atom. The van der Waals surface area contributed by atoms with Crippen molar-refractivity contribution in [2.24, 2.45) is 0 Å². The predicted molar refractivity (Wildman–Crippen MR) is 60.2 cm³/mol. The quantitative estimate of drug-likeness (QED) is 0.677. The molecule has 1 N–H and O–H groups in total. The van der Waals surface area contributed by atoms with E-state index < -0.39 is 17.1 Å². The lowest BCUT2D eigenvalue weighted by Gasteiger charge is -2.14. The van der Waals surface area contributed by atoms with E-state index >= 15 is 0 Å². The van der Waals surface area contributed by atoms with Crippen molar-refractivity contribution in [2.45, 2.75) is 25.5 Å². The number of hydrogen-bond acceptors (Lipinski definition) is 3. The Morgan fingerprint density at radius 2 is 2.00 bits per heavy atom. The first kappa shape index (κ1) is 12.1. The van der Waals surface area contributed by atoms with Crippen molar-refractivity contribution in [1.82, 2.24) is 0 Å². The number of halogens is 1. The van der Waals surface area contributed by atoms with Crippen molar-refractivity contribution in [3.05, 3.63) is 44.4 Å². The van der Waals surface area contributed by atoms with Crippen LogP contribution in [0.2, 0.25) is 0 Å². The molecule has 0 aliphatic carbocycles. The highest BCUT2D eigenvalue weighted by Gasteiger charge is 2.28. The molecule has 0 aliphatic rings. The number of rotatable bonds is 4. The van der Waals surface area contributed by atoms with Gasteiger partial charge in [0.05, 0.1) is 0 Å². The summed E-state index contributed by atoms with van der Waals surface area (Å²) in [5.74, 6) is 0. The van der Waals surface area contributed by atoms with E-state index in [1.165, 1.54) is 0 Å². The lowest BCUT2D eigenvalue weighted by atomic mass is 10.0. The molecule has 0 aromatic heterocycles. The second kappa shape index (κ2) is 5.23. The van der Waals surface area contributed by atoms with Crippen molar-refractivity contribution >= 4 is 15.9 Å². The van der Waals surface area contributed by atoms with Crippen LogP contribution >= 0.6 is 15.9 Å². The summed E-state index contributed by atoms with van der Waals surface area (Å²) in [4.78, 5) is 10.2. The maximum atomic E-state index is 10.6. The van der Waals surface area contributed by atoms with Gasteiger partial charge >= 0.3 is 0 Å². The lowest BCUT2D eigenvalue weighted by molar-refractivity contribution is -0.536. The van der Waals surface area contributed by atoms with Crippen LogP contribution in [0.4, 0.5) is 0 Å². The van der Waals surface area contributed by atoms with Crippen molar-refractivity contribution in [2.75, 3.05) is 0 Å². The highest BCUT2D eigenvalue weighted by Crippen LogP contribution is 2.22. The molecule has 0 aliphatic heterocycles. The first-order valence-corrected chi connectivity index (χ1v) is 5.42. The normalized spacial score (nSPS) is 14.6. The fraction of sp³-hybridized carbons (Fsp3) is 0.400. The van der Waals surface area contributed by atoms with E-state index in [1.807, 2.05) is 0 Å². The molecule has 0 spiro atoms. The standard InChI is InChI=1S/C10H12BrNO3/c1-2-9(12(14)15)10(13)7-3-5-8(11)6-4-7/h3-6,9-10,13H,2H2,1H3/t9-,10+/m1/s1. The number of aliphatic hydroxyl groups is 1. The summed E-state index contributed by atoms with van der Waals surface area (Å²) >= 11 is 3.26. The number of benzene rings is 1. The highest BCUT2D eigenvalue weighted by atomic mass is 79.9. The van der Waals surface area contributed by atoms with Crippen LogP contribution in [0, 0.1) is 10.1 Å². The third-order valence-corrected chi connectivity index (χ3v) is 2.79. The fourth-order valence-electron chi connectivity index (χ4n) is 1.37. The Hall–Kier alpha value is -0.940. The summed E-state index contributed by atoms with van der Waals surface area (Å²) in [6, 6.07) is 5.93. The van der Waals surface area contributed by atoms with Crippen LogP contribution in [0.25, 0.3) is 0 Å². The molecule has 0 heterocycles. The van der Waals surface area contributed by atoms with Crippen molar-refractivity contribution in [3.8, 4) is 0 Å². The summed E-state index contributed by atoms with van der Waals surface area (Å²) < 4.78 is 0.882. The van der Waals surface area contributed by atoms with Crippen LogP contribution in [0.1, 0.15) is 25.0 Å². The van der Waals surface area contributed by atoms with E-state index in [2.05, 4.69) is 15.9 Å².